The number of urea groups is 1. The Morgan fingerprint density at radius 2 is 1.77 bits per heavy atom. The van der Waals surface area contributed by atoms with Crippen LogP contribution in [-0.2, 0) is 0 Å². The van der Waals surface area contributed by atoms with Crippen molar-refractivity contribution in [2.45, 2.75) is 13.8 Å². The summed E-state index contributed by atoms with van der Waals surface area (Å²) in [5, 5.41) is 5.37. The molecule has 0 radical (unpaired) electrons. The van der Waals surface area contributed by atoms with Crippen molar-refractivity contribution >= 4 is 11.7 Å². The van der Waals surface area contributed by atoms with Gasteiger partial charge in [-0.2, -0.15) is 0 Å². The lowest BCUT2D eigenvalue weighted by molar-refractivity contribution is 0.234. The van der Waals surface area contributed by atoms with Crippen molar-refractivity contribution in [1.82, 2.24) is 5.32 Å². The van der Waals surface area contributed by atoms with Crippen LogP contribution in [0.3, 0.4) is 0 Å². The number of rotatable bonds is 6. The van der Waals surface area contributed by atoms with Gasteiger partial charge in [-0.3, -0.25) is 0 Å². The summed E-state index contributed by atoms with van der Waals surface area (Å²) in [4.78, 5) is 11.9. The summed E-state index contributed by atoms with van der Waals surface area (Å²) in [5.74, 6) is 1.35. The van der Waals surface area contributed by atoms with E-state index in [1.54, 1.807) is 6.07 Å². The van der Waals surface area contributed by atoms with Gasteiger partial charge in [0, 0.05) is 0 Å². The summed E-state index contributed by atoms with van der Waals surface area (Å²) in [6.45, 7) is 4.53. The molecule has 116 valence electrons. The summed E-state index contributed by atoms with van der Waals surface area (Å²) in [6, 6.07) is 14.6. The van der Waals surface area contributed by atoms with Gasteiger partial charge in [0.1, 0.15) is 11.5 Å². The average molecular weight is 300 g/mol. The maximum absolute atomic E-state index is 11.9. The third-order valence-electron chi connectivity index (χ3n) is 2.93. The molecule has 2 amide bonds. The Morgan fingerprint density at radius 3 is 2.50 bits per heavy atom. The summed E-state index contributed by atoms with van der Waals surface area (Å²) in [5.41, 5.74) is 1.78. The first-order valence-corrected chi connectivity index (χ1v) is 7.15. The minimum absolute atomic E-state index is 0.0890. The van der Waals surface area contributed by atoms with E-state index < -0.39 is 0 Å². The van der Waals surface area contributed by atoms with Gasteiger partial charge in [-0.1, -0.05) is 29.8 Å². The first-order valence-electron chi connectivity index (χ1n) is 7.15. The summed E-state index contributed by atoms with van der Waals surface area (Å²) in [6.07, 6.45) is 0. The van der Waals surface area contributed by atoms with Crippen molar-refractivity contribution in [3.63, 3.8) is 0 Å². The molecule has 0 fully saturated rings. The number of benzene rings is 2. The fraction of sp³-hybridized carbons (Fsp3) is 0.235. The van der Waals surface area contributed by atoms with Crippen molar-refractivity contribution in [2.24, 2.45) is 0 Å². The van der Waals surface area contributed by atoms with E-state index in [4.69, 9.17) is 9.47 Å². The highest BCUT2D eigenvalue weighted by Crippen LogP contribution is 2.23. The van der Waals surface area contributed by atoms with Crippen molar-refractivity contribution in [1.29, 1.82) is 0 Å². The molecule has 0 aliphatic rings. The number of hydrogen-bond acceptors (Lipinski definition) is 3. The van der Waals surface area contributed by atoms with Crippen LogP contribution >= 0.6 is 0 Å². The zero-order chi connectivity index (χ0) is 15.8. The van der Waals surface area contributed by atoms with Crippen LogP contribution in [0.4, 0.5) is 10.5 Å². The van der Waals surface area contributed by atoms with Gasteiger partial charge in [0.25, 0.3) is 0 Å². The Bertz CT molecular complexity index is 612. The summed E-state index contributed by atoms with van der Waals surface area (Å²) >= 11 is 0. The largest absolute Gasteiger partial charge is 0.492 e. The molecule has 2 aromatic rings. The summed E-state index contributed by atoms with van der Waals surface area (Å²) < 4.78 is 10.9. The van der Waals surface area contributed by atoms with E-state index in [-0.39, 0.29) is 12.8 Å². The molecule has 5 nitrogen and oxygen atoms in total. The molecule has 2 aromatic carbocycles. The van der Waals surface area contributed by atoms with Gasteiger partial charge in [-0.25, -0.2) is 4.79 Å². The molecule has 5 heteroatoms. The molecule has 0 saturated heterocycles. The Morgan fingerprint density at radius 1 is 1.05 bits per heavy atom. The predicted octanol–water partition coefficient (Wildman–Crippen LogP) is 3.55. The maximum Gasteiger partial charge on any atom is 0.321 e. The number of nitrogens with one attached hydrogen (secondary N) is 2. The quantitative estimate of drug-likeness (QED) is 0.802. The molecule has 0 heterocycles. The second-order valence-electron chi connectivity index (χ2n) is 4.66. The molecule has 0 unspecified atom stereocenters. The van der Waals surface area contributed by atoms with E-state index in [0.29, 0.717) is 23.8 Å². The Kier molecular flexibility index (Phi) is 5.65. The molecule has 2 rings (SSSR count). The first-order chi connectivity index (χ1) is 10.7. The monoisotopic (exact) mass is 300 g/mol. The van der Waals surface area contributed by atoms with Crippen LogP contribution in [-0.4, -0.2) is 19.4 Å². The van der Waals surface area contributed by atoms with E-state index in [2.05, 4.69) is 10.6 Å². The highest BCUT2D eigenvalue weighted by atomic mass is 16.5. The van der Waals surface area contributed by atoms with Gasteiger partial charge in [0.2, 0.25) is 0 Å². The second kappa shape index (κ2) is 7.93. The predicted molar refractivity (Wildman–Crippen MR) is 86.4 cm³/mol. The highest BCUT2D eigenvalue weighted by Gasteiger charge is 2.06. The average Bonchev–Trinajstić information content (AvgIpc) is 2.51. The van der Waals surface area contributed by atoms with Crippen LogP contribution in [0.2, 0.25) is 0 Å². The van der Waals surface area contributed by atoms with E-state index in [9.17, 15) is 4.79 Å². The molecule has 2 N–H and O–H groups in total. The Hall–Kier alpha value is -2.69. The third kappa shape index (κ3) is 4.70. The number of carbonyl (C=O) groups is 1. The van der Waals surface area contributed by atoms with Gasteiger partial charge in [0.15, 0.2) is 6.73 Å². The van der Waals surface area contributed by atoms with Gasteiger partial charge in [-0.15, -0.1) is 0 Å². The molecule has 0 aromatic heterocycles. The van der Waals surface area contributed by atoms with Crippen LogP contribution in [0.5, 0.6) is 11.5 Å². The van der Waals surface area contributed by atoms with E-state index in [0.717, 1.165) is 5.56 Å². The van der Waals surface area contributed by atoms with Crippen molar-refractivity contribution in [3.8, 4) is 11.5 Å². The molecular weight excluding hydrogens is 280 g/mol. The number of ether oxygens (including phenoxy) is 2. The van der Waals surface area contributed by atoms with Crippen LogP contribution in [0.1, 0.15) is 12.5 Å². The van der Waals surface area contributed by atoms with Crippen LogP contribution in [0.15, 0.2) is 48.5 Å². The fourth-order valence-electron chi connectivity index (χ4n) is 1.84. The standard InChI is InChI=1S/C17H20N2O3/c1-3-21-16-7-5-4-6-15(16)19-17(20)18-12-22-14-10-8-13(2)9-11-14/h4-11H,3,12H2,1-2H3,(H2,18,19,20). The van der Waals surface area contributed by atoms with E-state index >= 15 is 0 Å². The lowest BCUT2D eigenvalue weighted by Gasteiger charge is -2.12. The van der Waals surface area contributed by atoms with Crippen molar-refractivity contribution < 1.29 is 14.3 Å². The van der Waals surface area contributed by atoms with Crippen molar-refractivity contribution in [2.75, 3.05) is 18.7 Å². The van der Waals surface area contributed by atoms with E-state index in [1.165, 1.54) is 0 Å². The van der Waals surface area contributed by atoms with Crippen LogP contribution in [0.25, 0.3) is 0 Å². The second-order valence-corrected chi connectivity index (χ2v) is 4.66. The van der Waals surface area contributed by atoms with Gasteiger partial charge in [-0.05, 0) is 38.1 Å². The normalized spacial score (nSPS) is 9.91. The molecule has 0 bridgehead atoms. The lowest BCUT2D eigenvalue weighted by Crippen LogP contribution is -2.32. The zero-order valence-corrected chi connectivity index (χ0v) is 12.8. The minimum atomic E-state index is -0.348. The van der Waals surface area contributed by atoms with Crippen LogP contribution in [0, 0.1) is 6.92 Å². The number of amides is 2. The molecule has 0 aliphatic heterocycles. The smallest absolute Gasteiger partial charge is 0.321 e. The Labute approximate surface area is 130 Å². The molecule has 0 aliphatic carbocycles. The number of aryl methyl sites for hydroxylation is 1. The highest BCUT2D eigenvalue weighted by molar-refractivity contribution is 5.90. The maximum atomic E-state index is 11.9. The minimum Gasteiger partial charge on any atom is -0.492 e. The zero-order valence-electron chi connectivity index (χ0n) is 12.8. The first kappa shape index (κ1) is 15.7. The SMILES string of the molecule is CCOc1ccccc1NC(=O)NCOc1ccc(C)cc1. The molecule has 0 spiro atoms. The molecule has 0 atom stereocenters. The number of carbonyl (C=O) groups excluding carboxylic acids is 1. The number of hydrogen-bond donors (Lipinski definition) is 2. The van der Waals surface area contributed by atoms with Gasteiger partial charge < -0.3 is 20.1 Å². The topological polar surface area (TPSA) is 59.6 Å². The van der Waals surface area contributed by atoms with E-state index in [1.807, 2.05) is 56.3 Å². The van der Waals surface area contributed by atoms with Gasteiger partial charge >= 0.3 is 6.03 Å². The fourth-order valence-corrected chi connectivity index (χ4v) is 1.84. The number of para-hydroxylation sites is 2. The van der Waals surface area contributed by atoms with Gasteiger partial charge in [0.05, 0.1) is 12.3 Å². The van der Waals surface area contributed by atoms with Crippen molar-refractivity contribution in [3.05, 3.63) is 54.1 Å². The molecule has 0 saturated carbocycles. The van der Waals surface area contributed by atoms with Crippen LogP contribution < -0.4 is 20.1 Å². The lowest BCUT2D eigenvalue weighted by atomic mass is 10.2. The summed E-state index contributed by atoms with van der Waals surface area (Å²) in [7, 11) is 0. The molecular formula is C17H20N2O3. The number of anilines is 1. The molecule has 22 heavy (non-hydrogen) atoms. The third-order valence-corrected chi connectivity index (χ3v) is 2.93. The Balaban J connectivity index is 1.82.